The summed E-state index contributed by atoms with van der Waals surface area (Å²) >= 11 is 1.39. The number of hydrogen-bond acceptors (Lipinski definition) is 3. The van der Waals surface area contributed by atoms with Gasteiger partial charge in [-0.05, 0) is 17.7 Å². The highest BCUT2D eigenvalue weighted by atomic mass is 32.2. The van der Waals surface area contributed by atoms with Crippen molar-refractivity contribution in [2.45, 2.75) is 36.2 Å². The average Bonchev–Trinajstić information content (AvgIpc) is 2.75. The maximum absolute atomic E-state index is 14.0. The zero-order valence-corrected chi connectivity index (χ0v) is 12.2. The molecule has 0 atom stereocenters. The molecule has 102 valence electrons. The SMILES string of the molecule is CC(C)NCc1ccc(Sc2cnn(C)c2)c(F)c1. The van der Waals surface area contributed by atoms with Crippen molar-refractivity contribution in [2.24, 2.45) is 7.05 Å². The monoisotopic (exact) mass is 279 g/mol. The van der Waals surface area contributed by atoms with Crippen LogP contribution in [0, 0.1) is 5.82 Å². The summed E-state index contributed by atoms with van der Waals surface area (Å²) in [5, 5.41) is 7.35. The molecule has 0 saturated heterocycles. The van der Waals surface area contributed by atoms with Crippen molar-refractivity contribution in [1.29, 1.82) is 0 Å². The van der Waals surface area contributed by atoms with Crippen LogP contribution in [0.4, 0.5) is 4.39 Å². The minimum Gasteiger partial charge on any atom is -0.310 e. The van der Waals surface area contributed by atoms with Crippen LogP contribution in [0.5, 0.6) is 0 Å². The second-order valence-corrected chi connectivity index (χ2v) is 5.87. The van der Waals surface area contributed by atoms with Gasteiger partial charge in [0.15, 0.2) is 0 Å². The van der Waals surface area contributed by atoms with Crippen LogP contribution in [0.25, 0.3) is 0 Å². The van der Waals surface area contributed by atoms with E-state index in [1.54, 1.807) is 16.9 Å². The third kappa shape index (κ3) is 4.08. The van der Waals surface area contributed by atoms with Crippen molar-refractivity contribution < 1.29 is 4.39 Å². The van der Waals surface area contributed by atoms with Gasteiger partial charge in [0.05, 0.1) is 11.1 Å². The maximum atomic E-state index is 14.0. The Kier molecular flexibility index (Phi) is 4.61. The van der Waals surface area contributed by atoms with E-state index in [-0.39, 0.29) is 5.82 Å². The molecule has 0 bridgehead atoms. The number of nitrogens with zero attached hydrogens (tertiary/aromatic N) is 2. The van der Waals surface area contributed by atoms with E-state index < -0.39 is 0 Å². The molecule has 0 amide bonds. The molecule has 0 spiro atoms. The molecular formula is C14H18FN3S. The van der Waals surface area contributed by atoms with Crippen LogP contribution in [0.2, 0.25) is 0 Å². The van der Waals surface area contributed by atoms with Gasteiger partial charge in [-0.1, -0.05) is 31.7 Å². The lowest BCUT2D eigenvalue weighted by molar-refractivity contribution is 0.574. The van der Waals surface area contributed by atoms with Crippen LogP contribution in [0.3, 0.4) is 0 Å². The van der Waals surface area contributed by atoms with Gasteiger partial charge in [0.1, 0.15) is 5.82 Å². The van der Waals surface area contributed by atoms with Crippen LogP contribution in [-0.4, -0.2) is 15.8 Å². The minimum absolute atomic E-state index is 0.183. The number of aryl methyl sites for hydroxylation is 1. The Hall–Kier alpha value is -1.33. The zero-order chi connectivity index (χ0) is 13.8. The molecule has 0 aliphatic heterocycles. The molecule has 0 unspecified atom stereocenters. The largest absolute Gasteiger partial charge is 0.310 e. The van der Waals surface area contributed by atoms with Gasteiger partial charge in [-0.25, -0.2) is 4.39 Å². The van der Waals surface area contributed by atoms with Gasteiger partial charge < -0.3 is 5.32 Å². The van der Waals surface area contributed by atoms with E-state index in [0.717, 1.165) is 10.5 Å². The third-order valence-electron chi connectivity index (χ3n) is 2.62. The molecule has 1 N–H and O–H groups in total. The first-order valence-corrected chi connectivity index (χ1v) is 7.04. The lowest BCUT2D eigenvalue weighted by Gasteiger charge is -2.09. The fourth-order valence-electron chi connectivity index (χ4n) is 1.64. The second-order valence-electron chi connectivity index (χ2n) is 4.75. The topological polar surface area (TPSA) is 29.9 Å². The highest BCUT2D eigenvalue weighted by Crippen LogP contribution is 2.29. The summed E-state index contributed by atoms with van der Waals surface area (Å²) in [6.07, 6.45) is 3.61. The van der Waals surface area contributed by atoms with E-state index in [0.29, 0.717) is 17.5 Å². The van der Waals surface area contributed by atoms with Gasteiger partial charge >= 0.3 is 0 Å². The zero-order valence-electron chi connectivity index (χ0n) is 11.4. The minimum atomic E-state index is -0.183. The van der Waals surface area contributed by atoms with Crippen molar-refractivity contribution in [3.05, 3.63) is 42.0 Å². The predicted octanol–water partition coefficient (Wildman–Crippen LogP) is 3.21. The predicted molar refractivity (Wildman–Crippen MR) is 75.7 cm³/mol. The lowest BCUT2D eigenvalue weighted by atomic mass is 10.2. The Labute approximate surface area is 117 Å². The third-order valence-corrected chi connectivity index (χ3v) is 3.62. The number of nitrogens with one attached hydrogen (secondary N) is 1. The summed E-state index contributed by atoms with van der Waals surface area (Å²) in [6.45, 7) is 4.83. The molecule has 0 aliphatic carbocycles. The molecule has 19 heavy (non-hydrogen) atoms. The molecule has 3 nitrogen and oxygen atoms in total. The lowest BCUT2D eigenvalue weighted by Crippen LogP contribution is -2.21. The Morgan fingerprint density at radius 1 is 1.42 bits per heavy atom. The molecule has 0 aliphatic rings. The quantitative estimate of drug-likeness (QED) is 0.911. The van der Waals surface area contributed by atoms with E-state index in [9.17, 15) is 4.39 Å². The Balaban J connectivity index is 2.06. The summed E-state index contributed by atoms with van der Waals surface area (Å²) < 4.78 is 15.7. The Morgan fingerprint density at radius 3 is 2.79 bits per heavy atom. The van der Waals surface area contributed by atoms with Crippen LogP contribution < -0.4 is 5.32 Å². The van der Waals surface area contributed by atoms with Gasteiger partial charge in [0.2, 0.25) is 0 Å². The molecule has 0 fully saturated rings. The first kappa shape index (κ1) is 14.1. The smallest absolute Gasteiger partial charge is 0.137 e. The van der Waals surface area contributed by atoms with E-state index >= 15 is 0 Å². The number of aromatic nitrogens is 2. The molecule has 1 heterocycles. The van der Waals surface area contributed by atoms with E-state index in [4.69, 9.17) is 0 Å². The summed E-state index contributed by atoms with van der Waals surface area (Å²) in [5.41, 5.74) is 0.960. The molecule has 2 aromatic rings. The Bertz CT molecular complexity index is 551. The summed E-state index contributed by atoms with van der Waals surface area (Å²) in [5.74, 6) is -0.183. The summed E-state index contributed by atoms with van der Waals surface area (Å²) in [6, 6.07) is 5.77. The highest BCUT2D eigenvalue weighted by Gasteiger charge is 2.07. The number of hydrogen-bond donors (Lipinski definition) is 1. The molecule has 1 aromatic carbocycles. The normalized spacial score (nSPS) is 11.2. The number of benzene rings is 1. The van der Waals surface area contributed by atoms with Crippen LogP contribution >= 0.6 is 11.8 Å². The van der Waals surface area contributed by atoms with E-state index in [1.807, 2.05) is 25.4 Å². The van der Waals surface area contributed by atoms with Crippen molar-refractivity contribution in [1.82, 2.24) is 15.1 Å². The van der Waals surface area contributed by atoms with Crippen molar-refractivity contribution >= 4 is 11.8 Å². The summed E-state index contributed by atoms with van der Waals surface area (Å²) in [4.78, 5) is 1.57. The molecule has 2 rings (SSSR count). The van der Waals surface area contributed by atoms with Gasteiger partial charge in [0, 0.05) is 30.7 Å². The molecule has 0 radical (unpaired) electrons. The number of halogens is 1. The van der Waals surface area contributed by atoms with Gasteiger partial charge in [-0.3, -0.25) is 4.68 Å². The van der Waals surface area contributed by atoms with E-state index in [1.165, 1.54) is 11.8 Å². The van der Waals surface area contributed by atoms with Gasteiger partial charge in [-0.15, -0.1) is 0 Å². The van der Waals surface area contributed by atoms with Crippen molar-refractivity contribution in [3.63, 3.8) is 0 Å². The first-order valence-electron chi connectivity index (χ1n) is 6.23. The highest BCUT2D eigenvalue weighted by molar-refractivity contribution is 7.99. The fraction of sp³-hybridized carbons (Fsp3) is 0.357. The van der Waals surface area contributed by atoms with E-state index in [2.05, 4.69) is 24.3 Å². The van der Waals surface area contributed by atoms with Crippen LogP contribution in [0.1, 0.15) is 19.4 Å². The molecule has 1 aromatic heterocycles. The maximum Gasteiger partial charge on any atom is 0.137 e. The standard InChI is InChI=1S/C14H18FN3S/c1-10(2)16-7-11-4-5-14(13(15)6-11)19-12-8-17-18(3)9-12/h4-6,8-10,16H,7H2,1-3H3. The fourth-order valence-corrected chi connectivity index (χ4v) is 2.49. The molecular weight excluding hydrogens is 261 g/mol. The summed E-state index contributed by atoms with van der Waals surface area (Å²) in [7, 11) is 1.85. The second kappa shape index (κ2) is 6.21. The van der Waals surface area contributed by atoms with Crippen molar-refractivity contribution in [2.75, 3.05) is 0 Å². The Morgan fingerprint density at radius 2 is 2.21 bits per heavy atom. The van der Waals surface area contributed by atoms with Gasteiger partial charge in [-0.2, -0.15) is 5.10 Å². The first-order chi connectivity index (χ1) is 9.04. The average molecular weight is 279 g/mol. The molecule has 0 saturated carbocycles. The van der Waals surface area contributed by atoms with Crippen molar-refractivity contribution in [3.8, 4) is 0 Å². The number of rotatable bonds is 5. The molecule has 5 heteroatoms. The van der Waals surface area contributed by atoms with Crippen LogP contribution in [0.15, 0.2) is 40.4 Å². The van der Waals surface area contributed by atoms with Crippen LogP contribution in [-0.2, 0) is 13.6 Å². The van der Waals surface area contributed by atoms with Gasteiger partial charge in [0.25, 0.3) is 0 Å².